The lowest BCUT2D eigenvalue weighted by Crippen LogP contribution is -2.22. The van der Waals surface area contributed by atoms with Gasteiger partial charge < -0.3 is 14.8 Å². The molecule has 1 heterocycles. The summed E-state index contributed by atoms with van der Waals surface area (Å²) >= 11 is 1.30. The standard InChI is InChI=1S/C20H23NO5S/c1-5-14-10-16(20(24)25-6-2)18(27-14)21-17(22)11-26-19(23)15-9-12(3)7-8-13(15)4/h7-10H,5-6,11H2,1-4H3,(H,21,22). The number of esters is 2. The number of nitrogens with one attached hydrogen (secondary N) is 1. The van der Waals surface area contributed by atoms with E-state index in [4.69, 9.17) is 9.47 Å². The second kappa shape index (κ2) is 9.32. The summed E-state index contributed by atoms with van der Waals surface area (Å²) in [6.07, 6.45) is 0.731. The van der Waals surface area contributed by atoms with E-state index in [-0.39, 0.29) is 6.61 Å². The quantitative estimate of drug-likeness (QED) is 0.726. The minimum atomic E-state index is -0.558. The van der Waals surface area contributed by atoms with Crippen LogP contribution in [0.15, 0.2) is 24.3 Å². The second-order valence-electron chi connectivity index (χ2n) is 5.97. The van der Waals surface area contributed by atoms with Gasteiger partial charge in [-0.1, -0.05) is 24.6 Å². The SMILES string of the molecule is CCOC(=O)c1cc(CC)sc1NC(=O)COC(=O)c1cc(C)ccc1C. The Kier molecular flexibility index (Phi) is 7.12. The van der Waals surface area contributed by atoms with Gasteiger partial charge in [-0.3, -0.25) is 4.79 Å². The van der Waals surface area contributed by atoms with E-state index in [1.165, 1.54) is 11.3 Å². The number of anilines is 1. The van der Waals surface area contributed by atoms with Gasteiger partial charge in [-0.15, -0.1) is 11.3 Å². The lowest BCUT2D eigenvalue weighted by molar-refractivity contribution is -0.119. The number of carbonyl (C=O) groups excluding carboxylic acids is 3. The highest BCUT2D eigenvalue weighted by Crippen LogP contribution is 2.29. The molecule has 0 aliphatic rings. The summed E-state index contributed by atoms with van der Waals surface area (Å²) in [5.74, 6) is -1.56. The molecule has 1 N–H and O–H groups in total. The Morgan fingerprint density at radius 3 is 2.37 bits per heavy atom. The number of carbonyl (C=O) groups is 3. The van der Waals surface area contributed by atoms with E-state index in [2.05, 4.69) is 5.32 Å². The lowest BCUT2D eigenvalue weighted by atomic mass is 10.1. The van der Waals surface area contributed by atoms with Crippen molar-refractivity contribution < 1.29 is 23.9 Å². The summed E-state index contributed by atoms with van der Waals surface area (Å²) in [4.78, 5) is 37.4. The van der Waals surface area contributed by atoms with Crippen LogP contribution in [0.2, 0.25) is 0 Å². The normalized spacial score (nSPS) is 10.4. The summed E-state index contributed by atoms with van der Waals surface area (Å²) in [5.41, 5.74) is 2.45. The summed E-state index contributed by atoms with van der Waals surface area (Å²) < 4.78 is 10.1. The molecule has 0 aliphatic heterocycles. The molecule has 0 bridgehead atoms. The van der Waals surface area contributed by atoms with Crippen LogP contribution >= 0.6 is 11.3 Å². The van der Waals surface area contributed by atoms with Crippen LogP contribution in [-0.4, -0.2) is 31.1 Å². The zero-order valence-corrected chi connectivity index (χ0v) is 16.7. The van der Waals surface area contributed by atoms with Crippen LogP contribution < -0.4 is 5.32 Å². The van der Waals surface area contributed by atoms with E-state index < -0.39 is 24.5 Å². The Balaban J connectivity index is 2.03. The van der Waals surface area contributed by atoms with Gasteiger partial charge in [0, 0.05) is 4.88 Å². The van der Waals surface area contributed by atoms with E-state index in [0.29, 0.717) is 16.1 Å². The van der Waals surface area contributed by atoms with E-state index >= 15 is 0 Å². The van der Waals surface area contributed by atoms with Gasteiger partial charge in [-0.25, -0.2) is 9.59 Å². The molecule has 144 valence electrons. The van der Waals surface area contributed by atoms with Crippen LogP contribution in [0.3, 0.4) is 0 Å². The van der Waals surface area contributed by atoms with Crippen molar-refractivity contribution in [1.29, 1.82) is 0 Å². The molecule has 2 aromatic rings. The van der Waals surface area contributed by atoms with Crippen LogP contribution in [0.5, 0.6) is 0 Å². The molecule has 0 saturated carbocycles. The Bertz CT molecular complexity index is 856. The Morgan fingerprint density at radius 2 is 1.70 bits per heavy atom. The van der Waals surface area contributed by atoms with Crippen molar-refractivity contribution in [1.82, 2.24) is 0 Å². The monoisotopic (exact) mass is 389 g/mol. The average molecular weight is 389 g/mol. The average Bonchev–Trinajstić information content (AvgIpc) is 3.05. The fraction of sp³-hybridized carbons (Fsp3) is 0.350. The molecule has 0 saturated heterocycles. The van der Waals surface area contributed by atoms with Crippen molar-refractivity contribution >= 4 is 34.2 Å². The number of amides is 1. The molecule has 1 aromatic carbocycles. The molecular weight excluding hydrogens is 366 g/mol. The Hall–Kier alpha value is -2.67. The van der Waals surface area contributed by atoms with Crippen molar-refractivity contribution in [2.75, 3.05) is 18.5 Å². The predicted octanol–water partition coefficient (Wildman–Crippen LogP) is 3.90. The fourth-order valence-electron chi connectivity index (χ4n) is 2.40. The topological polar surface area (TPSA) is 81.7 Å². The molecule has 0 spiro atoms. The van der Waals surface area contributed by atoms with Gasteiger partial charge in [0.25, 0.3) is 5.91 Å². The number of ether oxygens (including phenoxy) is 2. The van der Waals surface area contributed by atoms with Crippen LogP contribution in [0.25, 0.3) is 0 Å². The summed E-state index contributed by atoms with van der Waals surface area (Å²) in [6.45, 7) is 7.17. The van der Waals surface area contributed by atoms with Gasteiger partial charge in [0.15, 0.2) is 6.61 Å². The smallest absolute Gasteiger partial charge is 0.341 e. The molecule has 1 amide bonds. The Morgan fingerprint density at radius 1 is 1.00 bits per heavy atom. The summed E-state index contributed by atoms with van der Waals surface area (Å²) in [7, 11) is 0. The van der Waals surface area contributed by atoms with Crippen molar-refractivity contribution in [3.63, 3.8) is 0 Å². The van der Waals surface area contributed by atoms with Gasteiger partial charge in [-0.2, -0.15) is 0 Å². The number of hydrogen-bond donors (Lipinski definition) is 1. The lowest BCUT2D eigenvalue weighted by Gasteiger charge is -2.09. The number of rotatable bonds is 7. The van der Waals surface area contributed by atoms with Crippen LogP contribution in [-0.2, 0) is 20.7 Å². The minimum Gasteiger partial charge on any atom is -0.462 e. The van der Waals surface area contributed by atoms with Crippen LogP contribution in [0.1, 0.15) is 50.6 Å². The highest BCUT2D eigenvalue weighted by molar-refractivity contribution is 7.16. The zero-order chi connectivity index (χ0) is 20.0. The number of aryl methyl sites for hydroxylation is 3. The van der Waals surface area contributed by atoms with Crippen LogP contribution in [0, 0.1) is 13.8 Å². The largest absolute Gasteiger partial charge is 0.462 e. The summed E-state index contributed by atoms with van der Waals surface area (Å²) in [5, 5.41) is 3.04. The second-order valence-corrected chi connectivity index (χ2v) is 7.11. The van der Waals surface area contributed by atoms with Crippen molar-refractivity contribution in [3.8, 4) is 0 Å². The third-order valence-electron chi connectivity index (χ3n) is 3.83. The maximum absolute atomic E-state index is 12.2. The molecule has 0 unspecified atom stereocenters. The van der Waals surface area contributed by atoms with Crippen LogP contribution in [0.4, 0.5) is 5.00 Å². The molecule has 0 fully saturated rings. The predicted molar refractivity (Wildman–Crippen MR) is 104 cm³/mol. The van der Waals surface area contributed by atoms with E-state index in [9.17, 15) is 14.4 Å². The van der Waals surface area contributed by atoms with Crippen molar-refractivity contribution in [3.05, 3.63) is 51.4 Å². The fourth-order valence-corrected chi connectivity index (χ4v) is 3.40. The van der Waals surface area contributed by atoms with Gasteiger partial charge in [0.1, 0.15) is 5.00 Å². The maximum Gasteiger partial charge on any atom is 0.341 e. The van der Waals surface area contributed by atoms with Gasteiger partial charge in [-0.05, 0) is 44.9 Å². The Labute approximate surface area is 162 Å². The van der Waals surface area contributed by atoms with Crippen molar-refractivity contribution in [2.24, 2.45) is 0 Å². The third kappa shape index (κ3) is 5.40. The first kappa shape index (κ1) is 20.6. The molecule has 6 nitrogen and oxygen atoms in total. The number of thiophene rings is 1. The van der Waals surface area contributed by atoms with Gasteiger partial charge in [0.05, 0.1) is 17.7 Å². The van der Waals surface area contributed by atoms with Gasteiger partial charge >= 0.3 is 11.9 Å². The zero-order valence-electron chi connectivity index (χ0n) is 15.9. The third-order valence-corrected chi connectivity index (χ3v) is 5.02. The molecule has 7 heteroatoms. The maximum atomic E-state index is 12.2. The molecule has 1 aromatic heterocycles. The summed E-state index contributed by atoms with van der Waals surface area (Å²) in [6, 6.07) is 7.16. The number of benzene rings is 1. The van der Waals surface area contributed by atoms with E-state index in [0.717, 1.165) is 22.4 Å². The van der Waals surface area contributed by atoms with Crippen molar-refractivity contribution in [2.45, 2.75) is 34.1 Å². The molecular formula is C20H23NO5S. The first-order valence-corrected chi connectivity index (χ1v) is 9.51. The highest BCUT2D eigenvalue weighted by Gasteiger charge is 2.19. The molecule has 0 atom stereocenters. The van der Waals surface area contributed by atoms with E-state index in [1.54, 1.807) is 26.0 Å². The molecule has 2 rings (SSSR count). The highest BCUT2D eigenvalue weighted by atomic mass is 32.1. The molecule has 27 heavy (non-hydrogen) atoms. The molecule has 0 radical (unpaired) electrons. The number of hydrogen-bond acceptors (Lipinski definition) is 6. The molecule has 0 aliphatic carbocycles. The first-order chi connectivity index (χ1) is 12.8. The minimum absolute atomic E-state index is 0.247. The first-order valence-electron chi connectivity index (χ1n) is 8.69. The van der Waals surface area contributed by atoms with E-state index in [1.807, 2.05) is 26.0 Å². The van der Waals surface area contributed by atoms with Gasteiger partial charge in [0.2, 0.25) is 0 Å².